The normalized spacial score (nSPS) is 12.0. The SMILES string of the molecule is CCCCNc1nc(CC)ncc1O[C@H](C)c1ccccc1. The molecule has 1 atom stereocenters. The Bertz CT molecular complexity index is 572. The number of nitrogens with one attached hydrogen (secondary N) is 1. The lowest BCUT2D eigenvalue weighted by molar-refractivity contribution is 0.226. The van der Waals surface area contributed by atoms with Crippen molar-refractivity contribution in [2.24, 2.45) is 0 Å². The fourth-order valence-electron chi connectivity index (χ4n) is 2.16. The van der Waals surface area contributed by atoms with E-state index in [4.69, 9.17) is 4.74 Å². The van der Waals surface area contributed by atoms with Crippen LogP contribution in [-0.4, -0.2) is 16.5 Å². The first-order valence-corrected chi connectivity index (χ1v) is 8.06. The van der Waals surface area contributed by atoms with Crippen LogP contribution in [0.25, 0.3) is 0 Å². The number of nitrogens with zero attached hydrogens (tertiary/aromatic N) is 2. The molecule has 1 aromatic heterocycles. The lowest BCUT2D eigenvalue weighted by Crippen LogP contribution is -2.10. The van der Waals surface area contributed by atoms with Crippen LogP contribution in [0.4, 0.5) is 5.82 Å². The summed E-state index contributed by atoms with van der Waals surface area (Å²) in [7, 11) is 0. The molecule has 0 bridgehead atoms. The largest absolute Gasteiger partial charge is 0.481 e. The third kappa shape index (κ3) is 4.45. The summed E-state index contributed by atoms with van der Waals surface area (Å²) in [6, 6.07) is 10.2. The molecule has 2 aromatic rings. The first kappa shape index (κ1) is 16.3. The number of aromatic nitrogens is 2. The van der Waals surface area contributed by atoms with Crippen molar-refractivity contribution < 1.29 is 4.74 Å². The molecule has 0 aliphatic carbocycles. The van der Waals surface area contributed by atoms with Crippen molar-refractivity contribution in [1.82, 2.24) is 9.97 Å². The van der Waals surface area contributed by atoms with E-state index in [0.29, 0.717) is 5.75 Å². The number of anilines is 1. The minimum atomic E-state index is -0.0380. The van der Waals surface area contributed by atoms with E-state index >= 15 is 0 Å². The second kappa shape index (κ2) is 8.37. The quantitative estimate of drug-likeness (QED) is 0.734. The molecule has 1 heterocycles. The molecule has 0 saturated heterocycles. The number of benzene rings is 1. The van der Waals surface area contributed by atoms with Crippen molar-refractivity contribution in [2.75, 3.05) is 11.9 Å². The molecule has 0 fully saturated rings. The lowest BCUT2D eigenvalue weighted by atomic mass is 10.1. The Morgan fingerprint density at radius 3 is 2.64 bits per heavy atom. The van der Waals surface area contributed by atoms with Crippen LogP contribution >= 0.6 is 0 Å². The highest BCUT2D eigenvalue weighted by Gasteiger charge is 2.12. The second-order valence-electron chi connectivity index (χ2n) is 5.30. The Labute approximate surface area is 133 Å². The molecule has 4 nitrogen and oxygen atoms in total. The average molecular weight is 299 g/mol. The van der Waals surface area contributed by atoms with Crippen LogP contribution in [0.5, 0.6) is 5.75 Å². The van der Waals surface area contributed by atoms with E-state index in [1.807, 2.05) is 25.1 Å². The van der Waals surface area contributed by atoms with Crippen molar-refractivity contribution in [2.45, 2.75) is 46.1 Å². The maximum Gasteiger partial charge on any atom is 0.180 e. The molecular weight excluding hydrogens is 274 g/mol. The standard InChI is InChI=1S/C18H25N3O/c1-4-6-12-19-18-16(13-20-17(5-2)21-18)22-14(3)15-10-8-7-9-11-15/h7-11,13-14H,4-6,12H2,1-3H3,(H,19,20,21)/t14-/m1/s1. The second-order valence-corrected chi connectivity index (χ2v) is 5.30. The average Bonchev–Trinajstić information content (AvgIpc) is 2.57. The van der Waals surface area contributed by atoms with E-state index in [1.54, 1.807) is 6.20 Å². The van der Waals surface area contributed by atoms with Gasteiger partial charge in [0, 0.05) is 13.0 Å². The van der Waals surface area contributed by atoms with Gasteiger partial charge in [0.2, 0.25) is 0 Å². The van der Waals surface area contributed by atoms with Crippen molar-refractivity contribution in [1.29, 1.82) is 0 Å². The summed E-state index contributed by atoms with van der Waals surface area (Å²) >= 11 is 0. The van der Waals surface area contributed by atoms with Crippen molar-refractivity contribution >= 4 is 5.82 Å². The summed E-state index contributed by atoms with van der Waals surface area (Å²) in [5.41, 5.74) is 1.14. The zero-order valence-corrected chi connectivity index (χ0v) is 13.7. The molecule has 2 rings (SSSR count). The Kier molecular flexibility index (Phi) is 6.19. The van der Waals surface area contributed by atoms with Gasteiger partial charge in [-0.3, -0.25) is 0 Å². The van der Waals surface area contributed by atoms with Gasteiger partial charge in [-0.1, -0.05) is 50.6 Å². The Hall–Kier alpha value is -2.10. The van der Waals surface area contributed by atoms with Crippen molar-refractivity contribution in [3.63, 3.8) is 0 Å². The van der Waals surface area contributed by atoms with Gasteiger partial charge < -0.3 is 10.1 Å². The van der Waals surface area contributed by atoms with Gasteiger partial charge in [0.05, 0.1) is 6.20 Å². The molecule has 1 aromatic carbocycles. The molecule has 0 aliphatic heterocycles. The van der Waals surface area contributed by atoms with Gasteiger partial charge >= 0.3 is 0 Å². The van der Waals surface area contributed by atoms with E-state index < -0.39 is 0 Å². The lowest BCUT2D eigenvalue weighted by Gasteiger charge is -2.18. The molecule has 0 radical (unpaired) electrons. The van der Waals surface area contributed by atoms with Gasteiger partial charge in [-0.05, 0) is 18.9 Å². The monoisotopic (exact) mass is 299 g/mol. The maximum absolute atomic E-state index is 6.07. The first-order valence-electron chi connectivity index (χ1n) is 8.06. The summed E-state index contributed by atoms with van der Waals surface area (Å²) < 4.78 is 6.07. The zero-order chi connectivity index (χ0) is 15.8. The van der Waals surface area contributed by atoms with Gasteiger partial charge in [-0.15, -0.1) is 0 Å². The summed E-state index contributed by atoms with van der Waals surface area (Å²) in [6.45, 7) is 7.16. The third-order valence-electron chi connectivity index (χ3n) is 3.52. The maximum atomic E-state index is 6.07. The van der Waals surface area contributed by atoms with Crippen LogP contribution in [0, 0.1) is 0 Å². The molecule has 1 N–H and O–H groups in total. The minimum Gasteiger partial charge on any atom is -0.481 e. The number of aryl methyl sites for hydroxylation is 1. The van der Waals surface area contributed by atoms with Crippen molar-refractivity contribution in [3.05, 3.63) is 47.9 Å². The zero-order valence-electron chi connectivity index (χ0n) is 13.7. The summed E-state index contributed by atoms with van der Waals surface area (Å²) in [4.78, 5) is 8.92. The van der Waals surface area contributed by atoms with Crippen LogP contribution in [0.3, 0.4) is 0 Å². The van der Waals surface area contributed by atoms with Crippen LogP contribution in [0.15, 0.2) is 36.5 Å². The highest BCUT2D eigenvalue weighted by molar-refractivity contribution is 5.49. The Morgan fingerprint density at radius 1 is 1.18 bits per heavy atom. The third-order valence-corrected chi connectivity index (χ3v) is 3.52. The Morgan fingerprint density at radius 2 is 1.95 bits per heavy atom. The van der Waals surface area contributed by atoms with E-state index in [2.05, 4.69) is 41.3 Å². The Balaban J connectivity index is 2.14. The number of hydrogen-bond donors (Lipinski definition) is 1. The van der Waals surface area contributed by atoms with Gasteiger partial charge in [-0.25, -0.2) is 9.97 Å². The molecule has 0 saturated carbocycles. The minimum absolute atomic E-state index is 0.0380. The van der Waals surface area contributed by atoms with Crippen molar-refractivity contribution in [3.8, 4) is 5.75 Å². The predicted molar refractivity (Wildman–Crippen MR) is 90.3 cm³/mol. The van der Waals surface area contributed by atoms with E-state index in [1.165, 1.54) is 0 Å². The molecule has 22 heavy (non-hydrogen) atoms. The number of unbranched alkanes of at least 4 members (excludes halogenated alkanes) is 1. The summed E-state index contributed by atoms with van der Waals surface area (Å²) in [6.07, 6.45) is 4.81. The van der Waals surface area contributed by atoms with E-state index in [-0.39, 0.29) is 6.10 Å². The molecule has 0 spiro atoms. The predicted octanol–water partition coefficient (Wildman–Crippen LogP) is 4.39. The van der Waals surface area contributed by atoms with Gasteiger partial charge in [0.1, 0.15) is 11.9 Å². The van der Waals surface area contributed by atoms with Crippen LogP contribution in [-0.2, 0) is 6.42 Å². The fraction of sp³-hybridized carbons (Fsp3) is 0.444. The van der Waals surface area contributed by atoms with Crippen LogP contribution in [0.1, 0.15) is 51.1 Å². The smallest absolute Gasteiger partial charge is 0.180 e. The highest BCUT2D eigenvalue weighted by Crippen LogP contribution is 2.27. The number of rotatable bonds is 8. The fourth-order valence-corrected chi connectivity index (χ4v) is 2.16. The van der Waals surface area contributed by atoms with Crippen LogP contribution < -0.4 is 10.1 Å². The molecule has 0 amide bonds. The van der Waals surface area contributed by atoms with E-state index in [9.17, 15) is 0 Å². The van der Waals surface area contributed by atoms with Gasteiger partial charge in [-0.2, -0.15) is 0 Å². The first-order chi connectivity index (χ1) is 10.7. The van der Waals surface area contributed by atoms with Gasteiger partial charge in [0.15, 0.2) is 11.6 Å². The molecule has 118 valence electrons. The topological polar surface area (TPSA) is 47.0 Å². The van der Waals surface area contributed by atoms with Crippen LogP contribution in [0.2, 0.25) is 0 Å². The number of hydrogen-bond acceptors (Lipinski definition) is 4. The summed E-state index contributed by atoms with van der Waals surface area (Å²) in [5.74, 6) is 2.34. The molecular formula is C18H25N3O. The summed E-state index contributed by atoms with van der Waals surface area (Å²) in [5, 5.41) is 3.37. The molecule has 0 unspecified atom stereocenters. The molecule has 0 aliphatic rings. The highest BCUT2D eigenvalue weighted by atomic mass is 16.5. The molecule has 4 heteroatoms. The van der Waals surface area contributed by atoms with E-state index in [0.717, 1.165) is 43.0 Å². The number of ether oxygens (including phenoxy) is 1. The van der Waals surface area contributed by atoms with Gasteiger partial charge in [0.25, 0.3) is 0 Å².